The molecule has 0 heterocycles. The van der Waals surface area contributed by atoms with Crippen molar-refractivity contribution in [3.63, 3.8) is 0 Å². The van der Waals surface area contributed by atoms with Gasteiger partial charge in [-0.1, -0.05) is 26.7 Å². The van der Waals surface area contributed by atoms with Gasteiger partial charge in [-0.15, -0.1) is 0 Å². The Labute approximate surface area is 151 Å². The van der Waals surface area contributed by atoms with Crippen LogP contribution in [0.5, 0.6) is 5.75 Å². The summed E-state index contributed by atoms with van der Waals surface area (Å²) in [4.78, 5) is 14.8. The normalized spacial score (nSPS) is 20.5. The standard InChI is InChI=1S/C20H33N3O2/c1-3-23(4-2)13-14-25-18-11-9-16(10-12-18)20(24)22-19-8-6-5-7-17(19)15-21/h9-12,17,19H,3-8,13-15,21H2,1-2H3,(H,22,24). The van der Waals surface area contributed by atoms with Gasteiger partial charge in [-0.2, -0.15) is 0 Å². The molecule has 1 fully saturated rings. The lowest BCUT2D eigenvalue weighted by atomic mass is 9.84. The first kappa shape index (κ1) is 19.7. The van der Waals surface area contributed by atoms with Crippen molar-refractivity contribution in [1.82, 2.24) is 10.2 Å². The number of rotatable bonds is 9. The summed E-state index contributed by atoms with van der Waals surface area (Å²) in [5.41, 5.74) is 6.52. The van der Waals surface area contributed by atoms with Gasteiger partial charge in [-0.3, -0.25) is 4.79 Å². The Kier molecular flexibility index (Phi) is 8.22. The Hall–Kier alpha value is -1.59. The summed E-state index contributed by atoms with van der Waals surface area (Å²) in [7, 11) is 0. The number of likely N-dealkylation sites (N-methyl/N-ethyl adjacent to an activating group) is 1. The van der Waals surface area contributed by atoms with Gasteiger partial charge in [-0.05, 0) is 62.7 Å². The quantitative estimate of drug-likeness (QED) is 0.721. The average Bonchev–Trinajstić information content (AvgIpc) is 2.66. The fraction of sp³-hybridized carbons (Fsp3) is 0.650. The maximum Gasteiger partial charge on any atom is 0.251 e. The molecule has 25 heavy (non-hydrogen) atoms. The van der Waals surface area contributed by atoms with Crippen LogP contribution in [0.4, 0.5) is 0 Å². The molecule has 0 saturated heterocycles. The van der Waals surface area contributed by atoms with Gasteiger partial charge >= 0.3 is 0 Å². The molecule has 3 N–H and O–H groups in total. The van der Waals surface area contributed by atoms with Gasteiger partial charge in [0, 0.05) is 18.2 Å². The number of carbonyl (C=O) groups is 1. The van der Waals surface area contributed by atoms with Crippen LogP contribution in [0.1, 0.15) is 49.9 Å². The van der Waals surface area contributed by atoms with Crippen molar-refractivity contribution in [3.8, 4) is 5.75 Å². The Morgan fingerprint density at radius 3 is 2.52 bits per heavy atom. The van der Waals surface area contributed by atoms with Gasteiger partial charge in [0.2, 0.25) is 0 Å². The third kappa shape index (κ3) is 6.01. The van der Waals surface area contributed by atoms with Gasteiger partial charge < -0.3 is 20.7 Å². The van der Waals surface area contributed by atoms with Gasteiger partial charge in [0.15, 0.2) is 0 Å². The van der Waals surface area contributed by atoms with Crippen LogP contribution in [0.3, 0.4) is 0 Å². The van der Waals surface area contributed by atoms with E-state index in [1.54, 1.807) is 0 Å². The van der Waals surface area contributed by atoms with Crippen molar-refractivity contribution in [2.24, 2.45) is 11.7 Å². The van der Waals surface area contributed by atoms with Crippen LogP contribution in [0.25, 0.3) is 0 Å². The monoisotopic (exact) mass is 347 g/mol. The molecule has 0 spiro atoms. The van der Waals surface area contributed by atoms with Crippen molar-refractivity contribution in [2.45, 2.75) is 45.6 Å². The van der Waals surface area contributed by atoms with Gasteiger partial charge in [-0.25, -0.2) is 0 Å². The van der Waals surface area contributed by atoms with Gasteiger partial charge in [0.05, 0.1) is 0 Å². The molecule has 0 bridgehead atoms. The lowest BCUT2D eigenvalue weighted by molar-refractivity contribution is 0.0908. The molecule has 0 radical (unpaired) electrons. The molecule has 140 valence electrons. The van der Waals surface area contributed by atoms with Crippen LogP contribution in [0, 0.1) is 5.92 Å². The summed E-state index contributed by atoms with van der Waals surface area (Å²) >= 11 is 0. The van der Waals surface area contributed by atoms with Crippen LogP contribution >= 0.6 is 0 Å². The summed E-state index contributed by atoms with van der Waals surface area (Å²) < 4.78 is 5.77. The zero-order chi connectivity index (χ0) is 18.1. The largest absolute Gasteiger partial charge is 0.492 e. The second-order valence-corrected chi connectivity index (χ2v) is 6.76. The van der Waals surface area contributed by atoms with Gasteiger partial charge in [0.1, 0.15) is 12.4 Å². The third-order valence-electron chi connectivity index (χ3n) is 5.22. The van der Waals surface area contributed by atoms with E-state index in [2.05, 4.69) is 24.1 Å². The van der Waals surface area contributed by atoms with Crippen molar-refractivity contribution in [2.75, 3.05) is 32.8 Å². The first-order chi connectivity index (χ1) is 12.2. The molecular formula is C20H33N3O2. The van der Waals surface area contributed by atoms with Crippen molar-refractivity contribution >= 4 is 5.91 Å². The Balaban J connectivity index is 1.83. The van der Waals surface area contributed by atoms with E-state index >= 15 is 0 Å². The van der Waals surface area contributed by atoms with E-state index in [-0.39, 0.29) is 11.9 Å². The lowest BCUT2D eigenvalue weighted by Crippen LogP contribution is -2.44. The summed E-state index contributed by atoms with van der Waals surface area (Å²) in [6, 6.07) is 7.62. The molecule has 1 aliphatic rings. The van der Waals surface area contributed by atoms with Gasteiger partial charge in [0.25, 0.3) is 5.91 Å². The molecule has 2 atom stereocenters. The summed E-state index contributed by atoms with van der Waals surface area (Å²) in [5, 5.41) is 3.16. The highest BCUT2D eigenvalue weighted by Crippen LogP contribution is 2.24. The number of nitrogens with one attached hydrogen (secondary N) is 1. The van der Waals surface area contributed by atoms with Crippen LogP contribution in [-0.2, 0) is 0 Å². The number of nitrogens with zero attached hydrogens (tertiary/aromatic N) is 1. The Morgan fingerprint density at radius 1 is 1.20 bits per heavy atom. The first-order valence-corrected chi connectivity index (χ1v) is 9.64. The molecule has 1 amide bonds. The highest BCUT2D eigenvalue weighted by molar-refractivity contribution is 5.94. The highest BCUT2D eigenvalue weighted by Gasteiger charge is 2.25. The minimum atomic E-state index is -0.0139. The van der Waals surface area contributed by atoms with E-state index in [0.29, 0.717) is 24.6 Å². The van der Waals surface area contributed by atoms with Crippen molar-refractivity contribution < 1.29 is 9.53 Å². The number of carbonyl (C=O) groups excluding carboxylic acids is 1. The first-order valence-electron chi connectivity index (χ1n) is 9.64. The van der Waals surface area contributed by atoms with Crippen LogP contribution in [-0.4, -0.2) is 49.6 Å². The molecular weight excluding hydrogens is 314 g/mol. The van der Waals surface area contributed by atoms with Crippen molar-refractivity contribution in [3.05, 3.63) is 29.8 Å². The average molecular weight is 348 g/mol. The molecule has 1 aliphatic carbocycles. The minimum Gasteiger partial charge on any atom is -0.492 e. The minimum absolute atomic E-state index is 0.0139. The number of hydrogen-bond donors (Lipinski definition) is 2. The van der Waals surface area contributed by atoms with Crippen LogP contribution in [0.15, 0.2) is 24.3 Å². The number of amides is 1. The maximum atomic E-state index is 12.5. The molecule has 1 aromatic carbocycles. The van der Waals surface area contributed by atoms with E-state index in [4.69, 9.17) is 10.5 Å². The number of benzene rings is 1. The molecule has 2 unspecified atom stereocenters. The second-order valence-electron chi connectivity index (χ2n) is 6.76. The highest BCUT2D eigenvalue weighted by atomic mass is 16.5. The molecule has 1 aromatic rings. The predicted octanol–water partition coefficient (Wildman–Crippen LogP) is 2.65. The SMILES string of the molecule is CCN(CC)CCOc1ccc(C(=O)NC2CCCCC2CN)cc1. The number of ether oxygens (including phenoxy) is 1. The second kappa shape index (κ2) is 10.4. The Morgan fingerprint density at radius 2 is 1.88 bits per heavy atom. The summed E-state index contributed by atoms with van der Waals surface area (Å²) in [6.07, 6.45) is 4.52. The summed E-state index contributed by atoms with van der Waals surface area (Å²) in [5.74, 6) is 1.20. The predicted molar refractivity (Wildman–Crippen MR) is 102 cm³/mol. The zero-order valence-electron chi connectivity index (χ0n) is 15.7. The van der Waals surface area contributed by atoms with Crippen molar-refractivity contribution in [1.29, 1.82) is 0 Å². The topological polar surface area (TPSA) is 67.6 Å². The van der Waals surface area contributed by atoms with E-state index in [1.165, 1.54) is 12.8 Å². The smallest absolute Gasteiger partial charge is 0.251 e. The maximum absolute atomic E-state index is 12.5. The fourth-order valence-corrected chi connectivity index (χ4v) is 3.47. The molecule has 1 saturated carbocycles. The van der Waals surface area contributed by atoms with Crippen LogP contribution < -0.4 is 15.8 Å². The van der Waals surface area contributed by atoms with Crippen LogP contribution in [0.2, 0.25) is 0 Å². The fourth-order valence-electron chi connectivity index (χ4n) is 3.47. The molecule has 5 nitrogen and oxygen atoms in total. The zero-order valence-corrected chi connectivity index (χ0v) is 15.7. The van der Waals surface area contributed by atoms with E-state index < -0.39 is 0 Å². The Bertz CT molecular complexity index is 514. The third-order valence-corrected chi connectivity index (χ3v) is 5.22. The lowest BCUT2D eigenvalue weighted by Gasteiger charge is -2.31. The molecule has 0 aromatic heterocycles. The van der Waals surface area contributed by atoms with E-state index in [0.717, 1.165) is 38.2 Å². The van der Waals surface area contributed by atoms with E-state index in [1.807, 2.05) is 24.3 Å². The number of nitrogens with two attached hydrogens (primary N) is 1. The molecule has 2 rings (SSSR count). The number of hydrogen-bond acceptors (Lipinski definition) is 4. The summed E-state index contributed by atoms with van der Waals surface area (Å²) in [6.45, 7) is 8.58. The van der Waals surface area contributed by atoms with E-state index in [9.17, 15) is 4.79 Å². The molecule has 5 heteroatoms. The molecule has 0 aliphatic heterocycles.